The van der Waals surface area contributed by atoms with E-state index in [-0.39, 0.29) is 6.54 Å². The molecule has 0 aliphatic carbocycles. The van der Waals surface area contributed by atoms with Crippen LogP contribution in [0.15, 0.2) is 40.0 Å². The highest BCUT2D eigenvalue weighted by Gasteiger charge is 2.05. The topological polar surface area (TPSA) is 84.0 Å². The molecule has 6 heteroatoms. The molecule has 0 amide bonds. The number of benzene rings is 1. The number of rotatable bonds is 4. The van der Waals surface area contributed by atoms with Gasteiger partial charge in [0, 0.05) is 16.5 Å². The molecular weight excluding hydrogens is 220 g/mol. The van der Waals surface area contributed by atoms with Gasteiger partial charge in [-0.15, -0.1) is 0 Å². The minimum absolute atomic E-state index is 0.191. The van der Waals surface area contributed by atoms with Crippen LogP contribution in [0.25, 0.3) is 21.8 Å². The van der Waals surface area contributed by atoms with Crippen molar-refractivity contribution in [2.45, 2.75) is 6.54 Å². The van der Waals surface area contributed by atoms with Crippen molar-refractivity contribution in [2.75, 3.05) is 7.11 Å². The summed E-state index contributed by atoms with van der Waals surface area (Å²) in [5.41, 5.74) is 9.69. The predicted molar refractivity (Wildman–Crippen MR) is 61.3 cm³/mol. The third-order valence-electron chi connectivity index (χ3n) is 2.23. The minimum Gasteiger partial charge on any atom is -0.497 e. The summed E-state index contributed by atoms with van der Waals surface area (Å²) in [6, 6.07) is 9.17. The van der Waals surface area contributed by atoms with E-state index in [1.165, 1.54) is 0 Å². The van der Waals surface area contributed by atoms with Crippen LogP contribution in [0.1, 0.15) is 5.69 Å². The molecule has 6 nitrogen and oxygen atoms in total. The van der Waals surface area contributed by atoms with Gasteiger partial charge in [0.15, 0.2) is 5.76 Å². The Labute approximate surface area is 97.4 Å². The van der Waals surface area contributed by atoms with Crippen LogP contribution in [0.4, 0.5) is 0 Å². The summed E-state index contributed by atoms with van der Waals surface area (Å²) in [6.07, 6.45) is 0. The van der Waals surface area contributed by atoms with Gasteiger partial charge in [-0.1, -0.05) is 10.3 Å². The molecular formula is C11H10N4O2. The van der Waals surface area contributed by atoms with E-state index in [2.05, 4.69) is 15.2 Å². The van der Waals surface area contributed by atoms with Crippen LogP contribution < -0.4 is 4.74 Å². The third-order valence-corrected chi connectivity index (χ3v) is 2.23. The Kier molecular flexibility index (Phi) is 3.28. The molecule has 0 unspecified atom stereocenters. The van der Waals surface area contributed by atoms with Crippen LogP contribution in [0.5, 0.6) is 5.75 Å². The van der Waals surface area contributed by atoms with Gasteiger partial charge < -0.3 is 9.26 Å². The number of nitrogens with zero attached hydrogens (tertiary/aromatic N) is 4. The Morgan fingerprint density at radius 2 is 2.18 bits per heavy atom. The van der Waals surface area contributed by atoms with Crippen LogP contribution in [0, 0.1) is 0 Å². The molecule has 0 N–H and O–H groups in total. The van der Waals surface area contributed by atoms with E-state index in [1.54, 1.807) is 13.2 Å². The van der Waals surface area contributed by atoms with Gasteiger partial charge in [-0.25, -0.2) is 0 Å². The molecule has 2 aromatic rings. The van der Waals surface area contributed by atoms with Crippen LogP contribution in [0.2, 0.25) is 0 Å². The summed E-state index contributed by atoms with van der Waals surface area (Å²) in [6.45, 7) is 0.191. The summed E-state index contributed by atoms with van der Waals surface area (Å²) < 4.78 is 10.2. The zero-order valence-corrected chi connectivity index (χ0v) is 9.20. The summed E-state index contributed by atoms with van der Waals surface area (Å²) in [5, 5.41) is 7.22. The minimum atomic E-state index is 0.191. The lowest BCUT2D eigenvalue weighted by Crippen LogP contribution is -1.81. The van der Waals surface area contributed by atoms with Crippen molar-refractivity contribution in [2.24, 2.45) is 5.11 Å². The maximum Gasteiger partial charge on any atom is 0.167 e. The largest absolute Gasteiger partial charge is 0.497 e. The van der Waals surface area contributed by atoms with E-state index in [1.807, 2.05) is 24.3 Å². The number of ether oxygens (including phenoxy) is 1. The fraction of sp³-hybridized carbons (Fsp3) is 0.182. The molecule has 0 aliphatic rings. The molecule has 2 rings (SSSR count). The monoisotopic (exact) mass is 230 g/mol. The lowest BCUT2D eigenvalue weighted by molar-refractivity contribution is 0.414. The molecule has 86 valence electrons. The Morgan fingerprint density at radius 3 is 2.82 bits per heavy atom. The highest BCUT2D eigenvalue weighted by molar-refractivity contribution is 5.58. The van der Waals surface area contributed by atoms with E-state index in [0.29, 0.717) is 11.5 Å². The zero-order valence-electron chi connectivity index (χ0n) is 9.20. The number of methoxy groups -OCH3 is 1. The second-order valence-corrected chi connectivity index (χ2v) is 3.30. The second-order valence-electron chi connectivity index (χ2n) is 3.30. The Hall–Kier alpha value is -2.46. The van der Waals surface area contributed by atoms with E-state index in [9.17, 15) is 0 Å². The van der Waals surface area contributed by atoms with E-state index in [4.69, 9.17) is 14.8 Å². The lowest BCUT2D eigenvalue weighted by Gasteiger charge is -1.99. The predicted octanol–water partition coefficient (Wildman–Crippen LogP) is 3.16. The van der Waals surface area contributed by atoms with Gasteiger partial charge >= 0.3 is 0 Å². The van der Waals surface area contributed by atoms with Crippen molar-refractivity contribution in [3.63, 3.8) is 0 Å². The molecule has 1 aromatic heterocycles. The van der Waals surface area contributed by atoms with Gasteiger partial charge in [0.25, 0.3) is 0 Å². The molecule has 0 radical (unpaired) electrons. The van der Waals surface area contributed by atoms with Crippen LogP contribution in [-0.4, -0.2) is 12.3 Å². The van der Waals surface area contributed by atoms with Crippen molar-refractivity contribution < 1.29 is 9.26 Å². The molecule has 0 saturated heterocycles. The first-order chi connectivity index (χ1) is 8.33. The smallest absolute Gasteiger partial charge is 0.167 e. The van der Waals surface area contributed by atoms with Crippen molar-refractivity contribution in [1.29, 1.82) is 0 Å². The Morgan fingerprint density at radius 1 is 1.41 bits per heavy atom. The van der Waals surface area contributed by atoms with E-state index < -0.39 is 0 Å². The van der Waals surface area contributed by atoms with Gasteiger partial charge in [0.2, 0.25) is 0 Å². The van der Waals surface area contributed by atoms with Crippen LogP contribution >= 0.6 is 0 Å². The third kappa shape index (κ3) is 2.56. The average Bonchev–Trinajstić information content (AvgIpc) is 2.85. The molecule has 0 spiro atoms. The standard InChI is InChI=1S/C11H10N4O2/c1-16-10-4-2-8(3-5-10)11-6-9(14-17-11)7-13-15-12/h2-6H,7H2,1H3. The fourth-order valence-corrected chi connectivity index (χ4v) is 1.38. The zero-order chi connectivity index (χ0) is 12.1. The second kappa shape index (κ2) is 5.05. The molecule has 0 atom stereocenters. The Balaban J connectivity index is 2.20. The number of hydrogen-bond donors (Lipinski definition) is 0. The summed E-state index contributed by atoms with van der Waals surface area (Å²) in [5.74, 6) is 1.42. The molecule has 1 aromatic carbocycles. The fourth-order valence-electron chi connectivity index (χ4n) is 1.38. The highest BCUT2D eigenvalue weighted by atomic mass is 16.5. The highest BCUT2D eigenvalue weighted by Crippen LogP contribution is 2.23. The van der Waals surface area contributed by atoms with Crippen molar-refractivity contribution >= 4 is 0 Å². The quantitative estimate of drug-likeness (QED) is 0.459. The number of aromatic nitrogens is 1. The molecule has 0 fully saturated rings. The maximum atomic E-state index is 8.20. The molecule has 17 heavy (non-hydrogen) atoms. The first-order valence-electron chi connectivity index (χ1n) is 4.94. The van der Waals surface area contributed by atoms with E-state index >= 15 is 0 Å². The van der Waals surface area contributed by atoms with Gasteiger partial charge in [-0.05, 0) is 29.8 Å². The summed E-state index contributed by atoms with van der Waals surface area (Å²) in [4.78, 5) is 2.66. The molecule has 0 saturated carbocycles. The molecule has 0 bridgehead atoms. The van der Waals surface area contributed by atoms with Gasteiger partial charge in [0.05, 0.1) is 19.3 Å². The van der Waals surface area contributed by atoms with Crippen molar-refractivity contribution in [3.05, 3.63) is 46.5 Å². The first kappa shape index (κ1) is 11.0. The van der Waals surface area contributed by atoms with Gasteiger partial charge in [-0.3, -0.25) is 0 Å². The number of hydrogen-bond acceptors (Lipinski definition) is 4. The van der Waals surface area contributed by atoms with Gasteiger partial charge in [0.1, 0.15) is 5.75 Å². The normalized spacial score (nSPS) is 9.71. The molecule has 1 heterocycles. The first-order valence-corrected chi connectivity index (χ1v) is 4.94. The van der Waals surface area contributed by atoms with Crippen LogP contribution in [-0.2, 0) is 6.54 Å². The van der Waals surface area contributed by atoms with E-state index in [0.717, 1.165) is 11.3 Å². The SMILES string of the molecule is COc1ccc(-c2cc(CN=[N+]=[N-])no2)cc1. The van der Waals surface area contributed by atoms with Crippen molar-refractivity contribution in [1.82, 2.24) is 5.16 Å². The average molecular weight is 230 g/mol. The van der Waals surface area contributed by atoms with Gasteiger partial charge in [-0.2, -0.15) is 0 Å². The number of azide groups is 1. The van der Waals surface area contributed by atoms with Crippen molar-refractivity contribution in [3.8, 4) is 17.1 Å². The summed E-state index contributed by atoms with van der Waals surface area (Å²) in [7, 11) is 1.61. The summed E-state index contributed by atoms with van der Waals surface area (Å²) >= 11 is 0. The molecule has 0 aliphatic heterocycles. The maximum absolute atomic E-state index is 8.20. The Bertz CT molecular complexity index is 541. The lowest BCUT2D eigenvalue weighted by atomic mass is 10.1. The van der Waals surface area contributed by atoms with Crippen LogP contribution in [0.3, 0.4) is 0 Å².